The highest BCUT2D eigenvalue weighted by Gasteiger charge is 2.47. The number of halogens is 2. The second-order valence-corrected chi connectivity index (χ2v) is 9.31. The van der Waals surface area contributed by atoms with Gasteiger partial charge < -0.3 is 20.7 Å². The Hall–Kier alpha value is -2.94. The molecule has 2 fully saturated rings. The number of nitrogen functional groups attached to an aromatic ring is 1. The van der Waals surface area contributed by atoms with E-state index in [9.17, 15) is 0 Å². The summed E-state index contributed by atoms with van der Waals surface area (Å²) in [7, 11) is 0. The number of hydrogen-bond donors (Lipinski definition) is 3. The molecule has 3 aromatic rings. The minimum absolute atomic E-state index is 0.172. The molecule has 1 spiro atoms. The van der Waals surface area contributed by atoms with Crippen molar-refractivity contribution in [2.45, 2.75) is 25.0 Å². The smallest absolute Gasteiger partial charge is 0.151 e. The molecule has 2 saturated heterocycles. The zero-order chi connectivity index (χ0) is 23.2. The van der Waals surface area contributed by atoms with Crippen LogP contribution in [0.4, 0.5) is 11.5 Å². The van der Waals surface area contributed by atoms with Crippen LogP contribution in [0.5, 0.6) is 5.75 Å². The summed E-state index contributed by atoms with van der Waals surface area (Å²) in [5.74, 6) is 1.35. The first-order chi connectivity index (χ1) is 15.8. The Labute approximate surface area is 201 Å². The molecule has 10 heteroatoms. The van der Waals surface area contributed by atoms with Crippen molar-refractivity contribution >= 4 is 40.4 Å². The minimum Gasteiger partial charge on any atom is -0.486 e. The Morgan fingerprint density at radius 1 is 1.18 bits per heavy atom. The topological polar surface area (TPSA) is 113 Å². The first-order valence-electron chi connectivity index (χ1n) is 10.6. The van der Waals surface area contributed by atoms with Crippen molar-refractivity contribution in [2.75, 3.05) is 30.3 Å². The summed E-state index contributed by atoms with van der Waals surface area (Å²) in [5, 5.41) is 21.6. The van der Waals surface area contributed by atoms with E-state index in [2.05, 4.69) is 25.4 Å². The maximum Gasteiger partial charge on any atom is 0.151 e. The number of nitrogens with zero attached hydrogens (tertiary/aromatic N) is 4. The van der Waals surface area contributed by atoms with E-state index >= 15 is 0 Å². The lowest BCUT2D eigenvalue weighted by Crippen LogP contribution is -2.76. The summed E-state index contributed by atoms with van der Waals surface area (Å²) in [6.07, 6.45) is 3.83. The molecule has 33 heavy (non-hydrogen) atoms. The number of benzene rings is 1. The number of aromatic nitrogens is 3. The van der Waals surface area contributed by atoms with Gasteiger partial charge in [0.15, 0.2) is 5.82 Å². The van der Waals surface area contributed by atoms with Gasteiger partial charge in [0.2, 0.25) is 0 Å². The van der Waals surface area contributed by atoms with E-state index in [-0.39, 0.29) is 11.3 Å². The Balaban J connectivity index is 1.32. The molecule has 2 aliphatic rings. The van der Waals surface area contributed by atoms with E-state index in [0.29, 0.717) is 38.3 Å². The van der Waals surface area contributed by atoms with Gasteiger partial charge in [-0.1, -0.05) is 23.2 Å². The van der Waals surface area contributed by atoms with Crippen LogP contribution in [0.3, 0.4) is 0 Å². The van der Waals surface area contributed by atoms with Gasteiger partial charge in [-0.2, -0.15) is 0 Å². The third-order valence-corrected chi connectivity index (χ3v) is 6.83. The fraction of sp³-hybridized carbons (Fsp3) is 0.304. The zero-order valence-corrected chi connectivity index (χ0v) is 19.5. The van der Waals surface area contributed by atoms with Crippen LogP contribution >= 0.6 is 23.2 Å². The van der Waals surface area contributed by atoms with Crippen LogP contribution < -0.4 is 20.7 Å². The molecule has 4 N–H and O–H groups in total. The molecular formula is C23H23Cl2N7O. The molecule has 8 nitrogen and oxygen atoms in total. The van der Waals surface area contributed by atoms with Crippen molar-refractivity contribution in [3.63, 3.8) is 0 Å². The number of nitrogens with two attached hydrogens (primary N) is 1. The molecule has 4 heterocycles. The Morgan fingerprint density at radius 3 is 2.52 bits per heavy atom. The first-order valence-corrected chi connectivity index (χ1v) is 11.4. The number of anilines is 2. The summed E-state index contributed by atoms with van der Waals surface area (Å²) in [6, 6.07) is 8.86. The number of rotatable bonds is 6. The normalized spacial score (nSPS) is 17.2. The monoisotopic (exact) mass is 483 g/mol. The predicted octanol–water partition coefficient (Wildman–Crippen LogP) is 3.87. The average Bonchev–Trinajstić information content (AvgIpc) is 2.73. The van der Waals surface area contributed by atoms with E-state index in [1.165, 1.54) is 18.8 Å². The standard InChI is InChI=1S/C23H23Cl2N7O/c1-13(21-16(24)9-28-10-17(21)25)33-14-2-3-18(26)15(8-14)22(27)19-4-5-20(31-30-19)32-11-23(12-32)6-7-29-23/h2-5,8-10,13,27,29H,6-7,11-12,26H2,1H3/t13-/m1/s1. The summed E-state index contributed by atoms with van der Waals surface area (Å²) in [6.45, 7) is 4.81. The summed E-state index contributed by atoms with van der Waals surface area (Å²) >= 11 is 12.5. The third-order valence-electron chi connectivity index (χ3n) is 6.23. The molecule has 5 rings (SSSR count). The maximum absolute atomic E-state index is 8.65. The van der Waals surface area contributed by atoms with Gasteiger partial charge in [0, 0.05) is 42.3 Å². The molecule has 0 amide bonds. The quantitative estimate of drug-likeness (QED) is 0.360. The molecule has 0 aliphatic carbocycles. The van der Waals surface area contributed by atoms with E-state index in [1.807, 2.05) is 13.0 Å². The molecule has 2 aromatic heterocycles. The molecule has 0 radical (unpaired) electrons. The second-order valence-electron chi connectivity index (χ2n) is 8.49. The number of pyridine rings is 1. The predicted molar refractivity (Wildman–Crippen MR) is 130 cm³/mol. The van der Waals surface area contributed by atoms with E-state index in [1.54, 1.807) is 24.3 Å². The molecule has 1 aromatic carbocycles. The Morgan fingerprint density at radius 2 is 1.91 bits per heavy atom. The molecular weight excluding hydrogens is 461 g/mol. The van der Waals surface area contributed by atoms with Crippen molar-refractivity contribution in [1.82, 2.24) is 20.5 Å². The van der Waals surface area contributed by atoms with Gasteiger partial charge in [-0.15, -0.1) is 10.2 Å². The summed E-state index contributed by atoms with van der Waals surface area (Å²) < 4.78 is 6.05. The highest BCUT2D eigenvalue weighted by atomic mass is 35.5. The summed E-state index contributed by atoms with van der Waals surface area (Å²) in [5.41, 5.74) is 8.65. The lowest BCUT2D eigenvalue weighted by molar-refractivity contribution is 0.158. The minimum atomic E-state index is -0.428. The highest BCUT2D eigenvalue weighted by molar-refractivity contribution is 6.35. The Kier molecular flexibility index (Phi) is 5.60. The fourth-order valence-corrected chi connectivity index (χ4v) is 4.93. The molecule has 1 atom stereocenters. The van der Waals surface area contributed by atoms with Crippen molar-refractivity contribution in [3.8, 4) is 5.75 Å². The fourth-order valence-electron chi connectivity index (χ4n) is 4.26. The lowest BCUT2D eigenvalue weighted by Gasteiger charge is -2.56. The van der Waals surface area contributed by atoms with E-state index < -0.39 is 6.10 Å². The van der Waals surface area contributed by atoms with Gasteiger partial charge in [0.25, 0.3) is 0 Å². The van der Waals surface area contributed by atoms with Crippen LogP contribution in [-0.4, -0.2) is 46.1 Å². The van der Waals surface area contributed by atoms with Gasteiger partial charge in [0.1, 0.15) is 17.5 Å². The van der Waals surface area contributed by atoms with E-state index in [0.717, 1.165) is 25.5 Å². The maximum atomic E-state index is 8.65. The van der Waals surface area contributed by atoms with Crippen LogP contribution in [0.1, 0.15) is 36.3 Å². The molecule has 0 bridgehead atoms. The highest BCUT2D eigenvalue weighted by Crippen LogP contribution is 2.34. The van der Waals surface area contributed by atoms with Crippen molar-refractivity contribution in [2.24, 2.45) is 0 Å². The number of hydrogen-bond acceptors (Lipinski definition) is 8. The van der Waals surface area contributed by atoms with Crippen molar-refractivity contribution in [3.05, 3.63) is 69.6 Å². The van der Waals surface area contributed by atoms with Crippen LogP contribution in [0.15, 0.2) is 42.7 Å². The van der Waals surface area contributed by atoms with Crippen LogP contribution in [0.2, 0.25) is 10.0 Å². The van der Waals surface area contributed by atoms with Crippen molar-refractivity contribution < 1.29 is 4.74 Å². The molecule has 2 aliphatic heterocycles. The third kappa shape index (κ3) is 4.10. The second kappa shape index (κ2) is 8.44. The van der Waals surface area contributed by atoms with Gasteiger partial charge in [-0.25, -0.2) is 0 Å². The lowest BCUT2D eigenvalue weighted by atomic mass is 9.80. The average molecular weight is 484 g/mol. The van der Waals surface area contributed by atoms with Gasteiger partial charge >= 0.3 is 0 Å². The zero-order valence-electron chi connectivity index (χ0n) is 18.0. The number of nitrogens with one attached hydrogen (secondary N) is 2. The van der Waals surface area contributed by atoms with Gasteiger partial charge in [-0.3, -0.25) is 10.4 Å². The Bertz CT molecular complexity index is 1190. The van der Waals surface area contributed by atoms with Gasteiger partial charge in [0.05, 0.1) is 21.3 Å². The largest absolute Gasteiger partial charge is 0.486 e. The molecule has 0 unspecified atom stereocenters. The SMILES string of the molecule is C[C@@H](Oc1ccc(N)c(C(=N)c2ccc(N3CC4(CCN4)C3)nn2)c1)c1c(Cl)cncc1Cl. The van der Waals surface area contributed by atoms with E-state index in [4.69, 9.17) is 39.1 Å². The van der Waals surface area contributed by atoms with Crippen LogP contribution in [0.25, 0.3) is 0 Å². The molecule has 0 saturated carbocycles. The van der Waals surface area contributed by atoms with Gasteiger partial charge in [-0.05, 0) is 50.2 Å². The molecule has 170 valence electrons. The number of ether oxygens (including phenoxy) is 1. The summed E-state index contributed by atoms with van der Waals surface area (Å²) in [4.78, 5) is 6.16. The van der Waals surface area contributed by atoms with Crippen molar-refractivity contribution in [1.29, 1.82) is 5.41 Å². The van der Waals surface area contributed by atoms with Crippen LogP contribution in [0, 0.1) is 5.41 Å². The first kappa shape index (κ1) is 21.9. The van der Waals surface area contributed by atoms with Crippen LogP contribution in [-0.2, 0) is 0 Å².